The summed E-state index contributed by atoms with van der Waals surface area (Å²) in [5, 5.41) is 4.49. The second kappa shape index (κ2) is 5.81. The van der Waals surface area contributed by atoms with Gasteiger partial charge in [-0.3, -0.25) is 0 Å². The van der Waals surface area contributed by atoms with Crippen molar-refractivity contribution in [3.63, 3.8) is 0 Å². The molecule has 0 aromatic carbocycles. The van der Waals surface area contributed by atoms with Gasteiger partial charge in [-0.2, -0.15) is 10.1 Å². The summed E-state index contributed by atoms with van der Waals surface area (Å²) < 4.78 is 1.88. The van der Waals surface area contributed by atoms with Crippen LogP contribution in [0.5, 0.6) is 0 Å². The topological polar surface area (TPSA) is 50.1 Å². The number of hydrogen-bond donors (Lipinski definition) is 0. The van der Waals surface area contributed by atoms with E-state index in [0.717, 1.165) is 55.9 Å². The first-order valence-corrected chi connectivity index (χ1v) is 7.51. The fourth-order valence-electron chi connectivity index (χ4n) is 2.73. The van der Waals surface area contributed by atoms with Crippen molar-refractivity contribution >= 4 is 5.95 Å². The average Bonchev–Trinajstić information content (AvgIpc) is 2.86. The van der Waals surface area contributed by atoms with E-state index < -0.39 is 0 Å². The minimum absolute atomic E-state index is 0.802. The summed E-state index contributed by atoms with van der Waals surface area (Å²) >= 11 is 0. The van der Waals surface area contributed by atoms with Crippen LogP contribution in [0.4, 0.5) is 5.95 Å². The van der Waals surface area contributed by atoms with Crippen LogP contribution in [0.25, 0.3) is 5.82 Å². The molecule has 0 aliphatic carbocycles. The summed E-state index contributed by atoms with van der Waals surface area (Å²) in [7, 11) is 0. The van der Waals surface area contributed by atoms with Crippen molar-refractivity contribution in [2.45, 2.75) is 20.8 Å². The highest BCUT2D eigenvalue weighted by molar-refractivity contribution is 5.36. The molecule has 3 heterocycles. The fourth-order valence-corrected chi connectivity index (χ4v) is 2.73. The van der Waals surface area contributed by atoms with Crippen LogP contribution in [-0.2, 0) is 0 Å². The first kappa shape index (κ1) is 14.0. The molecule has 0 atom stereocenters. The maximum Gasteiger partial charge on any atom is 0.227 e. The Morgan fingerprint density at radius 1 is 1.14 bits per heavy atom. The molecule has 112 valence electrons. The van der Waals surface area contributed by atoms with Gasteiger partial charge < -0.3 is 9.80 Å². The molecular formula is C15H22N6. The Morgan fingerprint density at radius 2 is 1.90 bits per heavy atom. The molecule has 1 aliphatic heterocycles. The van der Waals surface area contributed by atoms with E-state index in [2.05, 4.69) is 37.9 Å². The summed E-state index contributed by atoms with van der Waals surface area (Å²) in [4.78, 5) is 13.8. The third-order valence-electron chi connectivity index (χ3n) is 3.96. The predicted octanol–water partition coefficient (Wildman–Crippen LogP) is 1.42. The first-order valence-electron chi connectivity index (χ1n) is 7.51. The van der Waals surface area contributed by atoms with Crippen molar-refractivity contribution in [1.82, 2.24) is 24.6 Å². The summed E-state index contributed by atoms with van der Waals surface area (Å²) in [5.74, 6) is 1.64. The number of aryl methyl sites for hydroxylation is 2. The van der Waals surface area contributed by atoms with E-state index in [1.54, 1.807) is 0 Å². The smallest absolute Gasteiger partial charge is 0.227 e. The lowest BCUT2D eigenvalue weighted by Gasteiger charge is -2.34. The summed E-state index contributed by atoms with van der Waals surface area (Å²) in [6.45, 7) is 11.5. The summed E-state index contributed by atoms with van der Waals surface area (Å²) in [6.07, 6.45) is 1.82. The lowest BCUT2D eigenvalue weighted by molar-refractivity contribution is 0.270. The zero-order valence-corrected chi connectivity index (χ0v) is 13.0. The number of likely N-dealkylation sites (N-methyl/N-ethyl adjacent to an activating group) is 1. The van der Waals surface area contributed by atoms with Gasteiger partial charge in [0.1, 0.15) is 0 Å². The minimum Gasteiger partial charge on any atom is -0.338 e. The van der Waals surface area contributed by atoms with Gasteiger partial charge in [0.2, 0.25) is 5.95 Å². The molecule has 3 rings (SSSR count). The number of hydrogen-bond acceptors (Lipinski definition) is 5. The van der Waals surface area contributed by atoms with Gasteiger partial charge in [-0.05, 0) is 26.5 Å². The molecule has 6 heteroatoms. The van der Waals surface area contributed by atoms with Crippen LogP contribution in [0.15, 0.2) is 18.3 Å². The molecule has 0 amide bonds. The highest BCUT2D eigenvalue weighted by Crippen LogP contribution is 2.14. The lowest BCUT2D eigenvalue weighted by Crippen LogP contribution is -2.46. The molecule has 1 aliphatic rings. The first-order chi connectivity index (χ1) is 10.2. The van der Waals surface area contributed by atoms with Crippen LogP contribution in [0, 0.1) is 13.8 Å². The Labute approximate surface area is 125 Å². The normalized spacial score (nSPS) is 16.4. The molecule has 2 aromatic rings. The third-order valence-corrected chi connectivity index (χ3v) is 3.96. The van der Waals surface area contributed by atoms with Gasteiger partial charge in [-0.1, -0.05) is 6.92 Å². The van der Waals surface area contributed by atoms with E-state index >= 15 is 0 Å². The van der Waals surface area contributed by atoms with Crippen molar-refractivity contribution in [2.24, 2.45) is 0 Å². The van der Waals surface area contributed by atoms with Crippen LogP contribution < -0.4 is 4.90 Å². The molecule has 0 radical (unpaired) electrons. The van der Waals surface area contributed by atoms with E-state index in [0.29, 0.717) is 0 Å². The number of piperazine rings is 1. The SMILES string of the molecule is CCN1CCN(c2nccc(-n3nc(C)cc3C)n2)CC1. The van der Waals surface area contributed by atoms with Gasteiger partial charge in [-0.25, -0.2) is 9.67 Å². The molecule has 2 aromatic heterocycles. The molecule has 21 heavy (non-hydrogen) atoms. The van der Waals surface area contributed by atoms with E-state index in [-0.39, 0.29) is 0 Å². The Hall–Kier alpha value is -1.95. The van der Waals surface area contributed by atoms with Gasteiger partial charge >= 0.3 is 0 Å². The Bertz CT molecular complexity index is 612. The molecule has 0 N–H and O–H groups in total. The molecule has 1 saturated heterocycles. The summed E-state index contributed by atoms with van der Waals surface area (Å²) in [6, 6.07) is 3.97. The van der Waals surface area contributed by atoms with E-state index in [1.807, 2.05) is 30.8 Å². The Balaban J connectivity index is 1.82. The molecule has 0 saturated carbocycles. The van der Waals surface area contributed by atoms with Crippen LogP contribution >= 0.6 is 0 Å². The fraction of sp³-hybridized carbons (Fsp3) is 0.533. The van der Waals surface area contributed by atoms with Crippen LogP contribution in [0.1, 0.15) is 18.3 Å². The highest BCUT2D eigenvalue weighted by Gasteiger charge is 2.18. The average molecular weight is 286 g/mol. The minimum atomic E-state index is 0.802. The van der Waals surface area contributed by atoms with Crippen molar-refractivity contribution in [1.29, 1.82) is 0 Å². The van der Waals surface area contributed by atoms with Crippen LogP contribution in [0.2, 0.25) is 0 Å². The quantitative estimate of drug-likeness (QED) is 0.854. The standard InChI is InChI=1S/C15H22N6/c1-4-19-7-9-20(10-8-19)15-16-6-5-14(17-15)21-13(3)11-12(2)18-21/h5-6,11H,4,7-10H2,1-3H3. The Kier molecular flexibility index (Phi) is 3.88. The van der Waals surface area contributed by atoms with E-state index in [9.17, 15) is 0 Å². The predicted molar refractivity (Wildman–Crippen MR) is 83.0 cm³/mol. The third kappa shape index (κ3) is 2.90. The van der Waals surface area contributed by atoms with Gasteiger partial charge in [0.15, 0.2) is 5.82 Å². The number of rotatable bonds is 3. The lowest BCUT2D eigenvalue weighted by atomic mass is 10.3. The monoisotopic (exact) mass is 286 g/mol. The molecule has 6 nitrogen and oxygen atoms in total. The van der Waals surface area contributed by atoms with Crippen molar-refractivity contribution < 1.29 is 0 Å². The second-order valence-electron chi connectivity index (χ2n) is 5.48. The molecule has 1 fully saturated rings. The van der Waals surface area contributed by atoms with Gasteiger partial charge in [0, 0.05) is 44.1 Å². The van der Waals surface area contributed by atoms with E-state index in [4.69, 9.17) is 0 Å². The molecule has 0 bridgehead atoms. The van der Waals surface area contributed by atoms with Crippen LogP contribution in [0.3, 0.4) is 0 Å². The maximum atomic E-state index is 4.69. The molecular weight excluding hydrogens is 264 g/mol. The molecule has 0 unspecified atom stereocenters. The summed E-state index contributed by atoms with van der Waals surface area (Å²) in [5.41, 5.74) is 2.09. The number of aromatic nitrogens is 4. The van der Waals surface area contributed by atoms with Gasteiger partial charge in [-0.15, -0.1) is 0 Å². The Morgan fingerprint density at radius 3 is 2.52 bits per heavy atom. The highest BCUT2D eigenvalue weighted by atomic mass is 15.4. The van der Waals surface area contributed by atoms with Crippen LogP contribution in [-0.4, -0.2) is 57.4 Å². The van der Waals surface area contributed by atoms with E-state index in [1.165, 1.54) is 0 Å². The zero-order chi connectivity index (χ0) is 14.8. The van der Waals surface area contributed by atoms with Gasteiger partial charge in [0.05, 0.1) is 5.69 Å². The van der Waals surface area contributed by atoms with Gasteiger partial charge in [0.25, 0.3) is 0 Å². The molecule has 0 spiro atoms. The number of anilines is 1. The maximum absolute atomic E-state index is 4.69. The number of nitrogens with zero attached hydrogens (tertiary/aromatic N) is 6. The van der Waals surface area contributed by atoms with Crippen molar-refractivity contribution in [2.75, 3.05) is 37.6 Å². The zero-order valence-electron chi connectivity index (χ0n) is 13.0. The van der Waals surface area contributed by atoms with Crippen molar-refractivity contribution in [3.8, 4) is 5.82 Å². The largest absolute Gasteiger partial charge is 0.338 e. The second-order valence-corrected chi connectivity index (χ2v) is 5.48. The van der Waals surface area contributed by atoms with Crippen molar-refractivity contribution in [3.05, 3.63) is 29.7 Å².